The van der Waals surface area contributed by atoms with Gasteiger partial charge in [0.25, 0.3) is 0 Å². The molecule has 291 valence electrons. The highest BCUT2D eigenvalue weighted by Crippen LogP contribution is 2.47. The van der Waals surface area contributed by atoms with Crippen molar-refractivity contribution < 1.29 is 14.0 Å². The average Bonchev–Trinajstić information content (AvgIpc) is 3.94. The lowest BCUT2D eigenvalue weighted by Gasteiger charge is -2.36. The zero-order valence-electron chi connectivity index (χ0n) is 33.5. The van der Waals surface area contributed by atoms with Gasteiger partial charge < -0.3 is 13.7 Å². The Bertz CT molecular complexity index is 2580. The van der Waals surface area contributed by atoms with Crippen molar-refractivity contribution in [1.29, 1.82) is 0 Å². The van der Waals surface area contributed by atoms with Gasteiger partial charge in [-0.25, -0.2) is 9.48 Å². The van der Waals surface area contributed by atoms with Crippen LogP contribution in [-0.4, -0.2) is 47.8 Å². The van der Waals surface area contributed by atoms with Gasteiger partial charge in [0.15, 0.2) is 0 Å². The summed E-state index contributed by atoms with van der Waals surface area (Å²) in [5, 5.41) is 14.1. The molecule has 0 atom stereocenters. The number of hydrogen-bond donors (Lipinski definition) is 0. The molecule has 8 aromatic rings. The third kappa shape index (κ3) is 7.24. The van der Waals surface area contributed by atoms with Gasteiger partial charge in [-0.2, -0.15) is 0 Å². The number of carbonyl (C=O) groups excluding carboxylic acids is 1. The van der Waals surface area contributed by atoms with Gasteiger partial charge in [-0.3, -0.25) is 0 Å². The molecule has 8 rings (SSSR count). The summed E-state index contributed by atoms with van der Waals surface area (Å²) < 4.78 is 15.4. The minimum absolute atomic E-state index is 0.202. The highest BCUT2D eigenvalue weighted by atomic mass is 28.2. The summed E-state index contributed by atoms with van der Waals surface area (Å²) in [6, 6.07) is 55.6. The summed E-state index contributed by atoms with van der Waals surface area (Å²) in [5.41, 5.74) is 9.51. The molecule has 0 amide bonds. The van der Waals surface area contributed by atoms with Crippen LogP contribution in [0.2, 0.25) is 0 Å². The number of hydrogen-bond acceptors (Lipinski definition) is 6. The molecule has 3 radical (unpaired) electrons. The van der Waals surface area contributed by atoms with E-state index in [1.54, 1.807) is 6.92 Å². The molecular weight excluding hydrogens is 747 g/mol. The molecule has 0 saturated carbocycles. The second kappa shape index (κ2) is 16.7. The molecule has 8 nitrogen and oxygen atoms in total. The molecule has 0 saturated heterocycles. The molecule has 2 aromatic heterocycles. The number of esters is 1. The number of tetrazole rings is 1. The third-order valence-electron chi connectivity index (χ3n) is 10.7. The summed E-state index contributed by atoms with van der Waals surface area (Å²) in [6.07, 6.45) is 1.83. The van der Waals surface area contributed by atoms with E-state index >= 15 is 0 Å². The molecule has 0 aliphatic heterocycles. The molecule has 0 N–H and O–H groups in total. The number of carbonyl (C=O) groups is 1. The normalized spacial score (nSPS) is 11.7. The van der Waals surface area contributed by atoms with Crippen LogP contribution in [0.25, 0.3) is 39.5 Å². The lowest BCUT2D eigenvalue weighted by Crippen LogP contribution is -2.39. The van der Waals surface area contributed by atoms with E-state index in [9.17, 15) is 4.79 Å². The number of aromatic nitrogens is 5. The summed E-state index contributed by atoms with van der Waals surface area (Å²) >= 11 is 0. The van der Waals surface area contributed by atoms with E-state index in [4.69, 9.17) is 19.5 Å². The molecule has 0 spiro atoms. The molecule has 59 heavy (non-hydrogen) atoms. The lowest BCUT2D eigenvalue weighted by molar-refractivity contribution is 0.0526. The SMILES string of the molecule is CCOC(=O)c1cc(-c2nnnn2C(c2ccccc2)(c2ccccc2)c2ccccc2)n(-c2cc(-c3ccccc3)c(C(C)(C)C)c(-c3ccccc3)c2CO[Si])c1. The van der Waals surface area contributed by atoms with Gasteiger partial charge in [-0.05, 0) is 79.4 Å². The molecular formula is C50H44N5O3Si. The molecule has 0 unspecified atom stereocenters. The van der Waals surface area contributed by atoms with Crippen molar-refractivity contribution in [3.63, 3.8) is 0 Å². The molecule has 9 heteroatoms. The quantitative estimate of drug-likeness (QED) is 0.0696. The zero-order chi connectivity index (χ0) is 41.0. The van der Waals surface area contributed by atoms with Gasteiger partial charge in [0.2, 0.25) is 16.3 Å². The topological polar surface area (TPSA) is 84.1 Å². The predicted octanol–water partition coefficient (Wildman–Crippen LogP) is 10.4. The Balaban J connectivity index is 1.52. The zero-order valence-corrected chi connectivity index (χ0v) is 34.5. The van der Waals surface area contributed by atoms with Crippen LogP contribution in [0.4, 0.5) is 0 Å². The standard InChI is InChI=1S/C50H44N5O3Si/c1-5-57-48(56)37-31-44(47-51-52-53-55(47)50(38-25-15-8-16-26-38,39-27-17-9-18-28-39)40-29-19-10-20-30-40)54(33-37)43-32-41(35-21-11-6-12-22-35)46(49(2,3)4)45(42(43)34-58-59)36-23-13-7-14-24-36/h6-33H,5,34H2,1-4H3. The first-order valence-corrected chi connectivity index (χ1v) is 20.1. The fourth-order valence-electron chi connectivity index (χ4n) is 8.33. The maximum absolute atomic E-state index is 13.8. The maximum atomic E-state index is 13.8. The van der Waals surface area contributed by atoms with Crippen LogP contribution in [0, 0.1) is 0 Å². The van der Waals surface area contributed by atoms with Crippen molar-refractivity contribution in [3.8, 4) is 39.5 Å². The predicted molar refractivity (Wildman–Crippen MR) is 233 cm³/mol. The smallest absolute Gasteiger partial charge is 0.339 e. The van der Waals surface area contributed by atoms with Crippen LogP contribution < -0.4 is 0 Å². The van der Waals surface area contributed by atoms with Crippen molar-refractivity contribution in [3.05, 3.63) is 203 Å². The number of rotatable bonds is 12. The molecule has 0 aliphatic rings. The van der Waals surface area contributed by atoms with E-state index in [1.807, 2.05) is 88.2 Å². The molecule has 0 bridgehead atoms. The van der Waals surface area contributed by atoms with Crippen LogP contribution in [-0.2, 0) is 26.7 Å². The van der Waals surface area contributed by atoms with E-state index in [1.165, 1.54) is 0 Å². The summed E-state index contributed by atoms with van der Waals surface area (Å²) in [4.78, 5) is 13.8. The molecule has 0 aliphatic carbocycles. The van der Waals surface area contributed by atoms with Crippen molar-refractivity contribution in [2.24, 2.45) is 0 Å². The Morgan fingerprint density at radius 1 is 0.695 bits per heavy atom. The summed E-state index contributed by atoms with van der Waals surface area (Å²) in [5.74, 6) is -0.0208. The second-order valence-corrected chi connectivity index (χ2v) is 15.7. The minimum atomic E-state index is -1.04. The first-order chi connectivity index (χ1) is 28.8. The first kappa shape index (κ1) is 39.2. The second-order valence-electron chi connectivity index (χ2n) is 15.4. The molecule has 0 fully saturated rings. The molecule has 6 aromatic carbocycles. The molecule has 2 heterocycles. The van der Waals surface area contributed by atoms with Crippen LogP contribution >= 0.6 is 0 Å². The number of benzene rings is 6. The van der Waals surface area contributed by atoms with Crippen LogP contribution in [0.5, 0.6) is 0 Å². The number of nitrogens with zero attached hydrogens (tertiary/aromatic N) is 5. The Labute approximate surface area is 348 Å². The maximum Gasteiger partial charge on any atom is 0.339 e. The van der Waals surface area contributed by atoms with Gasteiger partial charge in [-0.15, -0.1) is 5.10 Å². The van der Waals surface area contributed by atoms with E-state index in [-0.39, 0.29) is 18.6 Å². The van der Waals surface area contributed by atoms with E-state index in [0.29, 0.717) is 17.1 Å². The minimum Gasteiger partial charge on any atom is -0.462 e. The average molecular weight is 791 g/mol. The number of ether oxygens (including phenoxy) is 1. The Morgan fingerprint density at radius 3 is 1.69 bits per heavy atom. The van der Waals surface area contributed by atoms with Crippen LogP contribution in [0.15, 0.2) is 170 Å². The van der Waals surface area contributed by atoms with Gasteiger partial charge in [-0.1, -0.05) is 172 Å². The van der Waals surface area contributed by atoms with E-state index < -0.39 is 11.5 Å². The van der Waals surface area contributed by atoms with E-state index in [2.05, 4.69) is 127 Å². The van der Waals surface area contributed by atoms with Gasteiger partial charge >= 0.3 is 5.97 Å². The van der Waals surface area contributed by atoms with E-state index in [0.717, 1.165) is 55.8 Å². The van der Waals surface area contributed by atoms with Crippen LogP contribution in [0.1, 0.15) is 65.9 Å². The van der Waals surface area contributed by atoms with Crippen LogP contribution in [0.3, 0.4) is 0 Å². The fraction of sp³-hybridized carbons (Fsp3) is 0.160. The highest BCUT2D eigenvalue weighted by Gasteiger charge is 2.42. The first-order valence-electron chi connectivity index (χ1n) is 19.7. The highest BCUT2D eigenvalue weighted by molar-refractivity contribution is 5.98. The Morgan fingerprint density at radius 2 is 1.20 bits per heavy atom. The van der Waals surface area contributed by atoms with Crippen molar-refractivity contribution in [1.82, 2.24) is 24.8 Å². The van der Waals surface area contributed by atoms with Gasteiger partial charge in [0.05, 0.1) is 30.2 Å². The fourth-order valence-corrected chi connectivity index (χ4v) is 8.47. The van der Waals surface area contributed by atoms with Crippen molar-refractivity contribution >= 4 is 16.5 Å². The largest absolute Gasteiger partial charge is 0.462 e. The third-order valence-corrected chi connectivity index (χ3v) is 10.9. The van der Waals surface area contributed by atoms with Gasteiger partial charge in [0, 0.05) is 11.8 Å². The Kier molecular flexibility index (Phi) is 11.1. The van der Waals surface area contributed by atoms with Crippen molar-refractivity contribution in [2.45, 2.75) is 45.3 Å². The summed E-state index contributed by atoms with van der Waals surface area (Å²) in [7, 11) is 3.40. The summed E-state index contributed by atoms with van der Waals surface area (Å²) in [6.45, 7) is 8.94. The van der Waals surface area contributed by atoms with Crippen molar-refractivity contribution in [2.75, 3.05) is 6.61 Å². The monoisotopic (exact) mass is 790 g/mol. The van der Waals surface area contributed by atoms with Gasteiger partial charge in [0.1, 0.15) is 5.54 Å². The Hall–Kier alpha value is -6.68. The lowest BCUT2D eigenvalue weighted by atomic mass is 9.75.